The Morgan fingerprint density at radius 1 is 1.25 bits per heavy atom. The predicted octanol–water partition coefficient (Wildman–Crippen LogP) is 1.33. The second-order valence-corrected chi connectivity index (χ2v) is 4.36. The fourth-order valence-electron chi connectivity index (χ4n) is 1.82. The van der Waals surface area contributed by atoms with Crippen molar-refractivity contribution < 1.29 is 9.90 Å². The van der Waals surface area contributed by atoms with Crippen LogP contribution in [-0.4, -0.2) is 22.6 Å². The summed E-state index contributed by atoms with van der Waals surface area (Å²) in [6.07, 6.45) is 2.18. The van der Waals surface area contributed by atoms with Crippen molar-refractivity contribution >= 4 is 11.6 Å². The number of hydrogen-bond acceptors (Lipinski definition) is 4. The lowest BCUT2D eigenvalue weighted by Crippen LogP contribution is -2.13. The minimum absolute atomic E-state index is 0.116. The molecule has 1 aromatic heterocycles. The number of carbonyl (C=O) groups is 1. The van der Waals surface area contributed by atoms with Crippen molar-refractivity contribution in [3.05, 3.63) is 59.4 Å². The molecule has 4 N–H and O–H groups in total. The number of aliphatic hydroxyl groups excluding tert-OH is 1. The molecule has 0 aliphatic rings. The minimum Gasteiger partial charge on any atom is -0.396 e. The second-order valence-electron chi connectivity index (χ2n) is 4.36. The number of benzene rings is 1. The molecule has 0 aliphatic carbocycles. The zero-order chi connectivity index (χ0) is 14.4. The number of anilines is 1. The fraction of sp³-hybridized carbons (Fsp3) is 0.200. The molecule has 104 valence electrons. The average Bonchev–Trinajstić information content (AvgIpc) is 2.49. The largest absolute Gasteiger partial charge is 0.396 e. The number of nitrogens with zero attached hydrogens (tertiary/aromatic N) is 1. The number of aromatic nitrogens is 1. The van der Waals surface area contributed by atoms with Crippen LogP contribution in [0.1, 0.15) is 21.6 Å². The normalized spacial score (nSPS) is 10.3. The van der Waals surface area contributed by atoms with Gasteiger partial charge in [0.2, 0.25) is 0 Å². The van der Waals surface area contributed by atoms with Crippen LogP contribution in [0.5, 0.6) is 0 Å². The summed E-state index contributed by atoms with van der Waals surface area (Å²) in [4.78, 5) is 16.1. The van der Waals surface area contributed by atoms with Gasteiger partial charge >= 0.3 is 0 Å². The molecule has 2 aromatic rings. The summed E-state index contributed by atoms with van der Waals surface area (Å²) >= 11 is 0. The van der Waals surface area contributed by atoms with Crippen molar-refractivity contribution in [2.45, 2.75) is 13.0 Å². The molecule has 0 fully saturated rings. The van der Waals surface area contributed by atoms with E-state index in [1.54, 1.807) is 18.3 Å². The molecule has 1 heterocycles. The van der Waals surface area contributed by atoms with Crippen LogP contribution < -0.4 is 11.1 Å². The Bertz CT molecular complexity index is 582. The van der Waals surface area contributed by atoms with E-state index in [9.17, 15) is 4.79 Å². The van der Waals surface area contributed by atoms with Gasteiger partial charge in [-0.05, 0) is 36.2 Å². The SMILES string of the molecule is NCc1cc(C(=O)Nc2ccc(CCO)cc2)ccn1. The summed E-state index contributed by atoms with van der Waals surface area (Å²) in [5, 5.41) is 11.7. The minimum atomic E-state index is -0.197. The lowest BCUT2D eigenvalue weighted by molar-refractivity contribution is 0.102. The molecule has 0 bridgehead atoms. The highest BCUT2D eigenvalue weighted by atomic mass is 16.2. The monoisotopic (exact) mass is 271 g/mol. The first kappa shape index (κ1) is 14.2. The summed E-state index contributed by atoms with van der Waals surface area (Å²) in [5.74, 6) is -0.197. The second kappa shape index (κ2) is 6.79. The lowest BCUT2D eigenvalue weighted by atomic mass is 10.1. The average molecular weight is 271 g/mol. The molecular formula is C15H17N3O2. The summed E-state index contributed by atoms with van der Waals surface area (Å²) in [5.41, 5.74) is 8.44. The molecule has 20 heavy (non-hydrogen) atoms. The van der Waals surface area contributed by atoms with Crippen LogP contribution >= 0.6 is 0 Å². The van der Waals surface area contributed by atoms with Crippen molar-refractivity contribution in [1.82, 2.24) is 4.98 Å². The van der Waals surface area contributed by atoms with Crippen molar-refractivity contribution in [2.75, 3.05) is 11.9 Å². The van der Waals surface area contributed by atoms with Crippen LogP contribution in [0.25, 0.3) is 0 Å². The van der Waals surface area contributed by atoms with Gasteiger partial charge in [-0.15, -0.1) is 0 Å². The molecule has 0 aliphatic heterocycles. The van der Waals surface area contributed by atoms with Gasteiger partial charge in [0.05, 0.1) is 5.69 Å². The van der Waals surface area contributed by atoms with E-state index in [1.807, 2.05) is 24.3 Å². The van der Waals surface area contributed by atoms with Crippen molar-refractivity contribution in [1.29, 1.82) is 0 Å². The Morgan fingerprint density at radius 2 is 2.00 bits per heavy atom. The summed E-state index contributed by atoms with van der Waals surface area (Å²) < 4.78 is 0. The van der Waals surface area contributed by atoms with Crippen LogP contribution in [0.15, 0.2) is 42.6 Å². The Morgan fingerprint density at radius 3 is 2.65 bits per heavy atom. The first-order chi connectivity index (χ1) is 9.72. The number of carbonyl (C=O) groups excluding carboxylic acids is 1. The quantitative estimate of drug-likeness (QED) is 0.765. The number of pyridine rings is 1. The molecule has 0 saturated heterocycles. The predicted molar refractivity (Wildman–Crippen MR) is 77.3 cm³/mol. The van der Waals surface area contributed by atoms with E-state index in [2.05, 4.69) is 10.3 Å². The Kier molecular flexibility index (Phi) is 4.81. The van der Waals surface area contributed by atoms with Gasteiger partial charge in [0.1, 0.15) is 0 Å². The molecule has 0 saturated carbocycles. The summed E-state index contributed by atoms with van der Waals surface area (Å²) in [6, 6.07) is 10.7. The molecule has 5 heteroatoms. The number of nitrogens with one attached hydrogen (secondary N) is 1. The third kappa shape index (κ3) is 3.63. The van der Waals surface area contributed by atoms with Crippen molar-refractivity contribution in [3.63, 3.8) is 0 Å². The summed E-state index contributed by atoms with van der Waals surface area (Å²) in [7, 11) is 0. The van der Waals surface area contributed by atoms with Gasteiger partial charge in [0, 0.05) is 30.6 Å². The van der Waals surface area contributed by atoms with Crippen LogP contribution in [0, 0.1) is 0 Å². The third-order valence-electron chi connectivity index (χ3n) is 2.90. The Balaban J connectivity index is 2.06. The zero-order valence-electron chi connectivity index (χ0n) is 11.0. The first-order valence-corrected chi connectivity index (χ1v) is 6.39. The molecule has 2 rings (SSSR count). The highest BCUT2D eigenvalue weighted by Crippen LogP contribution is 2.12. The standard InChI is InChI=1S/C15H17N3O2/c16-10-14-9-12(5-7-17-14)15(20)18-13-3-1-11(2-4-13)6-8-19/h1-5,7,9,19H,6,8,10,16H2,(H,18,20). The number of rotatable bonds is 5. The number of hydrogen-bond donors (Lipinski definition) is 3. The maximum atomic E-state index is 12.1. The molecule has 1 amide bonds. The maximum absolute atomic E-state index is 12.1. The number of aliphatic hydroxyl groups is 1. The molecule has 1 aromatic carbocycles. The van der Waals surface area contributed by atoms with E-state index in [1.165, 1.54) is 0 Å². The molecule has 0 radical (unpaired) electrons. The van der Waals surface area contributed by atoms with Gasteiger partial charge in [0.25, 0.3) is 5.91 Å². The van der Waals surface area contributed by atoms with E-state index in [4.69, 9.17) is 10.8 Å². The maximum Gasteiger partial charge on any atom is 0.255 e. The van der Waals surface area contributed by atoms with E-state index in [-0.39, 0.29) is 12.5 Å². The molecular weight excluding hydrogens is 254 g/mol. The first-order valence-electron chi connectivity index (χ1n) is 6.39. The van der Waals surface area contributed by atoms with Gasteiger partial charge in [-0.25, -0.2) is 0 Å². The third-order valence-corrected chi connectivity index (χ3v) is 2.90. The summed E-state index contributed by atoms with van der Waals surface area (Å²) in [6.45, 7) is 0.418. The van der Waals surface area contributed by atoms with Gasteiger partial charge in [-0.1, -0.05) is 12.1 Å². The number of nitrogens with two attached hydrogens (primary N) is 1. The molecule has 0 atom stereocenters. The highest BCUT2D eigenvalue weighted by Gasteiger charge is 2.07. The van der Waals surface area contributed by atoms with Crippen LogP contribution in [0.4, 0.5) is 5.69 Å². The fourth-order valence-corrected chi connectivity index (χ4v) is 1.82. The van der Waals surface area contributed by atoms with E-state index in [0.29, 0.717) is 29.9 Å². The van der Waals surface area contributed by atoms with Gasteiger partial charge in [0.15, 0.2) is 0 Å². The van der Waals surface area contributed by atoms with Crippen LogP contribution in [0.2, 0.25) is 0 Å². The van der Waals surface area contributed by atoms with Crippen molar-refractivity contribution in [2.24, 2.45) is 5.73 Å². The highest BCUT2D eigenvalue weighted by molar-refractivity contribution is 6.04. The Labute approximate surface area is 117 Å². The van der Waals surface area contributed by atoms with Crippen LogP contribution in [-0.2, 0) is 13.0 Å². The van der Waals surface area contributed by atoms with Gasteiger partial charge in [-0.3, -0.25) is 9.78 Å². The van der Waals surface area contributed by atoms with Gasteiger partial charge in [-0.2, -0.15) is 0 Å². The molecule has 0 unspecified atom stereocenters. The van der Waals surface area contributed by atoms with Crippen molar-refractivity contribution in [3.8, 4) is 0 Å². The van der Waals surface area contributed by atoms with Crippen LogP contribution in [0.3, 0.4) is 0 Å². The van der Waals surface area contributed by atoms with Gasteiger partial charge < -0.3 is 16.2 Å². The Hall–Kier alpha value is -2.24. The smallest absolute Gasteiger partial charge is 0.255 e. The van der Waals surface area contributed by atoms with E-state index < -0.39 is 0 Å². The topological polar surface area (TPSA) is 88.2 Å². The molecule has 0 spiro atoms. The van der Waals surface area contributed by atoms with E-state index >= 15 is 0 Å². The number of amides is 1. The lowest BCUT2D eigenvalue weighted by Gasteiger charge is -2.07. The molecule has 5 nitrogen and oxygen atoms in total. The zero-order valence-corrected chi connectivity index (χ0v) is 11.0. The van der Waals surface area contributed by atoms with E-state index in [0.717, 1.165) is 5.56 Å².